The third-order valence-electron chi connectivity index (χ3n) is 3.67. The molecular formula is C15H22N2O3. The Kier molecular flexibility index (Phi) is 5.27. The number of benzene rings is 1. The summed E-state index contributed by atoms with van der Waals surface area (Å²) < 4.78 is 4.66. The van der Waals surface area contributed by atoms with Crippen LogP contribution in [0.15, 0.2) is 18.2 Å². The van der Waals surface area contributed by atoms with Gasteiger partial charge in [0.1, 0.15) is 0 Å². The zero-order valence-electron chi connectivity index (χ0n) is 12.4. The zero-order chi connectivity index (χ0) is 15.3. The number of anilines is 1. The van der Waals surface area contributed by atoms with E-state index < -0.39 is 11.4 Å². The van der Waals surface area contributed by atoms with Gasteiger partial charge in [0.25, 0.3) is 0 Å². The molecule has 5 nitrogen and oxygen atoms in total. The zero-order valence-corrected chi connectivity index (χ0v) is 12.4. The van der Waals surface area contributed by atoms with Crippen molar-refractivity contribution in [3.8, 4) is 0 Å². The molecule has 1 rings (SSSR count). The van der Waals surface area contributed by atoms with Crippen LogP contribution in [0.1, 0.15) is 36.2 Å². The van der Waals surface area contributed by atoms with Crippen molar-refractivity contribution in [2.75, 3.05) is 19.0 Å². The predicted molar refractivity (Wildman–Crippen MR) is 78.6 cm³/mol. The van der Waals surface area contributed by atoms with Crippen molar-refractivity contribution in [2.45, 2.75) is 27.2 Å². The number of hydrogen-bond acceptors (Lipinski definition) is 4. The predicted octanol–water partition coefficient (Wildman–Crippen LogP) is 2.10. The summed E-state index contributed by atoms with van der Waals surface area (Å²) in [5.74, 6) is -0.511. The van der Waals surface area contributed by atoms with Gasteiger partial charge in [-0.25, -0.2) is 4.79 Å². The van der Waals surface area contributed by atoms with Crippen LogP contribution in [0.5, 0.6) is 0 Å². The first-order valence-corrected chi connectivity index (χ1v) is 6.58. The number of esters is 1. The van der Waals surface area contributed by atoms with E-state index >= 15 is 0 Å². The van der Waals surface area contributed by atoms with Gasteiger partial charge in [-0.1, -0.05) is 6.92 Å². The monoisotopic (exact) mass is 278 g/mol. The van der Waals surface area contributed by atoms with E-state index in [1.165, 1.54) is 7.11 Å². The standard InChI is InChI=1S/C15H22N2O3/c1-5-15(3,9-16)14(19)17-12-7-6-11(8-10(12)2)13(18)20-4/h6-8H,5,9,16H2,1-4H3,(H,17,19). The highest BCUT2D eigenvalue weighted by atomic mass is 16.5. The number of carbonyl (C=O) groups is 2. The van der Waals surface area contributed by atoms with E-state index in [1.54, 1.807) is 18.2 Å². The number of carbonyl (C=O) groups excluding carboxylic acids is 2. The van der Waals surface area contributed by atoms with Crippen molar-refractivity contribution >= 4 is 17.6 Å². The summed E-state index contributed by atoms with van der Waals surface area (Å²) in [6, 6.07) is 5.01. The lowest BCUT2D eigenvalue weighted by molar-refractivity contribution is -0.124. The van der Waals surface area contributed by atoms with Crippen molar-refractivity contribution in [3.05, 3.63) is 29.3 Å². The number of ether oxygens (including phenoxy) is 1. The Morgan fingerprint density at radius 1 is 1.40 bits per heavy atom. The number of nitrogens with two attached hydrogens (primary N) is 1. The van der Waals surface area contributed by atoms with Gasteiger partial charge in [0.05, 0.1) is 18.1 Å². The quantitative estimate of drug-likeness (QED) is 0.808. The molecular weight excluding hydrogens is 256 g/mol. The van der Waals surface area contributed by atoms with Crippen LogP contribution in [0.4, 0.5) is 5.69 Å². The molecule has 1 aromatic carbocycles. The maximum absolute atomic E-state index is 12.2. The van der Waals surface area contributed by atoms with Gasteiger partial charge in [0.2, 0.25) is 5.91 Å². The molecule has 0 aliphatic rings. The molecule has 0 spiro atoms. The van der Waals surface area contributed by atoms with Crippen molar-refractivity contribution in [2.24, 2.45) is 11.1 Å². The Hall–Kier alpha value is -1.88. The van der Waals surface area contributed by atoms with E-state index in [1.807, 2.05) is 20.8 Å². The number of nitrogens with one attached hydrogen (secondary N) is 1. The molecule has 0 bridgehead atoms. The number of hydrogen-bond donors (Lipinski definition) is 2. The van der Waals surface area contributed by atoms with E-state index in [-0.39, 0.29) is 12.5 Å². The highest BCUT2D eigenvalue weighted by molar-refractivity contribution is 5.97. The molecule has 0 fully saturated rings. The first-order valence-electron chi connectivity index (χ1n) is 6.58. The second-order valence-electron chi connectivity index (χ2n) is 5.09. The van der Waals surface area contributed by atoms with Gasteiger partial charge in [-0.2, -0.15) is 0 Å². The van der Waals surface area contributed by atoms with Crippen LogP contribution < -0.4 is 11.1 Å². The number of methoxy groups -OCH3 is 1. The number of rotatable bonds is 5. The molecule has 0 aromatic heterocycles. The molecule has 1 unspecified atom stereocenters. The van der Waals surface area contributed by atoms with Crippen molar-refractivity contribution in [1.29, 1.82) is 0 Å². The largest absolute Gasteiger partial charge is 0.465 e. The van der Waals surface area contributed by atoms with Gasteiger partial charge < -0.3 is 15.8 Å². The van der Waals surface area contributed by atoms with Crippen LogP contribution in [0.2, 0.25) is 0 Å². The number of aryl methyl sites for hydroxylation is 1. The van der Waals surface area contributed by atoms with Crippen LogP contribution in [0.25, 0.3) is 0 Å². The summed E-state index contributed by atoms with van der Waals surface area (Å²) in [4.78, 5) is 23.7. The van der Waals surface area contributed by atoms with E-state index in [2.05, 4.69) is 10.1 Å². The smallest absolute Gasteiger partial charge is 0.337 e. The Morgan fingerprint density at radius 2 is 2.05 bits per heavy atom. The van der Waals surface area contributed by atoms with Crippen LogP contribution in [0.3, 0.4) is 0 Å². The summed E-state index contributed by atoms with van der Waals surface area (Å²) in [6.07, 6.45) is 0.661. The molecule has 1 aromatic rings. The Bertz CT molecular complexity index is 508. The van der Waals surface area contributed by atoms with E-state index in [9.17, 15) is 9.59 Å². The molecule has 110 valence electrons. The van der Waals surface area contributed by atoms with E-state index in [4.69, 9.17) is 5.73 Å². The molecule has 0 heterocycles. The molecule has 1 amide bonds. The van der Waals surface area contributed by atoms with E-state index in [0.29, 0.717) is 17.7 Å². The summed E-state index contributed by atoms with van der Waals surface area (Å²) >= 11 is 0. The second-order valence-corrected chi connectivity index (χ2v) is 5.09. The Morgan fingerprint density at radius 3 is 2.50 bits per heavy atom. The lowest BCUT2D eigenvalue weighted by atomic mass is 9.86. The van der Waals surface area contributed by atoms with Crippen LogP contribution in [-0.4, -0.2) is 25.5 Å². The molecule has 0 aliphatic heterocycles. The van der Waals surface area contributed by atoms with Gasteiger partial charge in [0.15, 0.2) is 0 Å². The molecule has 1 atom stereocenters. The summed E-state index contributed by atoms with van der Waals surface area (Å²) in [5, 5.41) is 2.87. The molecule has 20 heavy (non-hydrogen) atoms. The molecule has 0 aliphatic carbocycles. The normalized spacial score (nSPS) is 13.4. The van der Waals surface area contributed by atoms with Gasteiger partial charge in [0, 0.05) is 12.2 Å². The molecule has 0 saturated heterocycles. The summed E-state index contributed by atoms with van der Waals surface area (Å²) in [7, 11) is 1.33. The fourth-order valence-electron chi connectivity index (χ4n) is 1.72. The molecule has 0 radical (unpaired) electrons. The van der Waals surface area contributed by atoms with Crippen LogP contribution in [0, 0.1) is 12.3 Å². The maximum Gasteiger partial charge on any atom is 0.337 e. The minimum Gasteiger partial charge on any atom is -0.465 e. The van der Waals surface area contributed by atoms with Gasteiger partial charge in [-0.3, -0.25) is 4.79 Å². The first-order chi connectivity index (χ1) is 9.37. The lowest BCUT2D eigenvalue weighted by Gasteiger charge is -2.25. The minimum absolute atomic E-state index is 0.114. The number of amides is 1. The molecule has 5 heteroatoms. The summed E-state index contributed by atoms with van der Waals surface area (Å²) in [6.45, 7) is 5.88. The van der Waals surface area contributed by atoms with Crippen LogP contribution >= 0.6 is 0 Å². The Balaban J connectivity index is 2.94. The van der Waals surface area contributed by atoms with Crippen LogP contribution in [-0.2, 0) is 9.53 Å². The second kappa shape index (κ2) is 6.52. The fraction of sp³-hybridized carbons (Fsp3) is 0.467. The first kappa shape index (κ1) is 16.2. The molecule has 0 saturated carbocycles. The fourth-order valence-corrected chi connectivity index (χ4v) is 1.72. The molecule has 3 N–H and O–H groups in total. The highest BCUT2D eigenvalue weighted by Gasteiger charge is 2.29. The van der Waals surface area contributed by atoms with Gasteiger partial charge in [-0.05, 0) is 44.0 Å². The third-order valence-corrected chi connectivity index (χ3v) is 3.67. The Labute approximate surface area is 119 Å². The van der Waals surface area contributed by atoms with Crippen molar-refractivity contribution in [3.63, 3.8) is 0 Å². The maximum atomic E-state index is 12.2. The lowest BCUT2D eigenvalue weighted by Crippen LogP contribution is -2.39. The average Bonchev–Trinajstić information content (AvgIpc) is 2.47. The third kappa shape index (κ3) is 3.36. The minimum atomic E-state index is -0.590. The highest BCUT2D eigenvalue weighted by Crippen LogP contribution is 2.24. The topological polar surface area (TPSA) is 81.4 Å². The average molecular weight is 278 g/mol. The van der Waals surface area contributed by atoms with Gasteiger partial charge in [-0.15, -0.1) is 0 Å². The van der Waals surface area contributed by atoms with Gasteiger partial charge >= 0.3 is 5.97 Å². The van der Waals surface area contributed by atoms with E-state index in [0.717, 1.165) is 5.56 Å². The summed E-state index contributed by atoms with van der Waals surface area (Å²) in [5.41, 5.74) is 7.02. The van der Waals surface area contributed by atoms with Crippen molar-refractivity contribution in [1.82, 2.24) is 0 Å². The van der Waals surface area contributed by atoms with Crippen molar-refractivity contribution < 1.29 is 14.3 Å². The SMILES string of the molecule is CCC(C)(CN)C(=O)Nc1ccc(C(=O)OC)cc1C.